The predicted octanol–water partition coefficient (Wildman–Crippen LogP) is 4.94. The van der Waals surface area contributed by atoms with Gasteiger partial charge in [0.05, 0.1) is 16.9 Å². The normalized spacial score (nSPS) is 11.6. The van der Waals surface area contributed by atoms with Crippen LogP contribution in [0.3, 0.4) is 0 Å². The highest BCUT2D eigenvalue weighted by atomic mass is 14.8. The number of nitrogens with zero attached hydrogens (tertiary/aromatic N) is 2. The summed E-state index contributed by atoms with van der Waals surface area (Å²) in [5.41, 5.74) is 7.91. The number of aromatic nitrogens is 2. The predicted molar refractivity (Wildman–Crippen MR) is 89.4 cm³/mol. The zero-order valence-corrected chi connectivity index (χ0v) is 11.8. The van der Waals surface area contributed by atoms with Crippen LogP contribution in [0.15, 0.2) is 72.9 Å². The molecule has 2 aromatic carbocycles. The summed E-state index contributed by atoms with van der Waals surface area (Å²) >= 11 is 0. The van der Waals surface area contributed by atoms with E-state index in [0.717, 1.165) is 22.5 Å². The van der Waals surface area contributed by atoms with Gasteiger partial charge in [0.15, 0.2) is 0 Å². The van der Waals surface area contributed by atoms with Crippen LogP contribution in [0.2, 0.25) is 0 Å². The van der Waals surface area contributed by atoms with E-state index >= 15 is 0 Å². The molecule has 1 aliphatic carbocycles. The van der Waals surface area contributed by atoms with E-state index in [2.05, 4.69) is 47.4 Å². The van der Waals surface area contributed by atoms with Crippen LogP contribution >= 0.6 is 0 Å². The van der Waals surface area contributed by atoms with Crippen molar-refractivity contribution in [3.05, 3.63) is 72.9 Å². The maximum Gasteiger partial charge on any atom is 0.0808 e. The van der Waals surface area contributed by atoms with Crippen molar-refractivity contribution in [2.75, 3.05) is 0 Å². The van der Waals surface area contributed by atoms with E-state index in [4.69, 9.17) is 4.98 Å². The fraction of sp³-hybridized carbons (Fsp3) is 0. The topological polar surface area (TPSA) is 25.8 Å². The molecule has 0 spiro atoms. The molecule has 0 saturated carbocycles. The third-order valence-electron chi connectivity index (χ3n) is 4.26. The van der Waals surface area contributed by atoms with Crippen molar-refractivity contribution in [3.8, 4) is 33.6 Å². The second-order valence-corrected chi connectivity index (χ2v) is 5.52. The van der Waals surface area contributed by atoms with Crippen LogP contribution in [-0.2, 0) is 0 Å². The van der Waals surface area contributed by atoms with Gasteiger partial charge >= 0.3 is 0 Å². The first-order chi connectivity index (χ1) is 10.9. The Morgan fingerprint density at radius 2 is 1.45 bits per heavy atom. The van der Waals surface area contributed by atoms with E-state index < -0.39 is 0 Å². The van der Waals surface area contributed by atoms with Gasteiger partial charge in [-0.3, -0.25) is 4.98 Å². The first-order valence-electron chi connectivity index (χ1n) is 7.37. The molecule has 0 atom stereocenters. The Kier molecular flexibility index (Phi) is 2.25. The summed E-state index contributed by atoms with van der Waals surface area (Å²) in [5, 5.41) is 1.17. The summed E-state index contributed by atoms with van der Waals surface area (Å²) in [6.07, 6.45) is 1.85. The van der Waals surface area contributed by atoms with Gasteiger partial charge in [-0.1, -0.05) is 54.6 Å². The van der Waals surface area contributed by atoms with Crippen molar-refractivity contribution in [3.63, 3.8) is 0 Å². The first kappa shape index (κ1) is 11.6. The van der Waals surface area contributed by atoms with E-state index in [1.54, 1.807) is 0 Å². The second kappa shape index (κ2) is 4.25. The minimum absolute atomic E-state index is 1.01. The lowest BCUT2D eigenvalue weighted by Gasteiger charge is -2.06. The van der Waals surface area contributed by atoms with Gasteiger partial charge in [-0.15, -0.1) is 0 Å². The lowest BCUT2D eigenvalue weighted by molar-refractivity contribution is 1.34. The molecule has 0 bridgehead atoms. The van der Waals surface area contributed by atoms with Gasteiger partial charge in [-0.25, -0.2) is 4.98 Å². The fourth-order valence-corrected chi connectivity index (χ4v) is 3.28. The van der Waals surface area contributed by atoms with E-state index in [1.165, 1.54) is 22.1 Å². The van der Waals surface area contributed by atoms with Crippen molar-refractivity contribution in [1.82, 2.24) is 9.97 Å². The lowest BCUT2D eigenvalue weighted by atomic mass is 10.0. The zero-order chi connectivity index (χ0) is 14.5. The van der Waals surface area contributed by atoms with Gasteiger partial charge in [-0.05, 0) is 23.3 Å². The van der Waals surface area contributed by atoms with Crippen LogP contribution in [0, 0.1) is 0 Å². The molecular weight excluding hydrogens is 268 g/mol. The molecule has 2 heterocycles. The molecule has 2 aromatic heterocycles. The summed E-state index contributed by atoms with van der Waals surface area (Å²) in [6, 6.07) is 23.0. The minimum Gasteiger partial charge on any atom is -0.255 e. The standard InChI is InChI=1S/C20H12N2/c1-2-6-13(7-3-1)18-12-16-14-8-4-5-9-15(14)20-19(16)17(22-18)10-11-21-20/h1-12H. The summed E-state index contributed by atoms with van der Waals surface area (Å²) < 4.78 is 0. The maximum atomic E-state index is 4.85. The zero-order valence-electron chi connectivity index (χ0n) is 11.8. The Morgan fingerprint density at radius 3 is 2.32 bits per heavy atom. The molecule has 0 aliphatic heterocycles. The minimum atomic E-state index is 1.01. The number of fused-ring (bicyclic) bond motifs is 3. The molecule has 22 heavy (non-hydrogen) atoms. The van der Waals surface area contributed by atoms with Crippen LogP contribution in [-0.4, -0.2) is 9.97 Å². The van der Waals surface area contributed by atoms with Crippen molar-refractivity contribution in [2.45, 2.75) is 0 Å². The Bertz CT molecular complexity index is 1020. The quantitative estimate of drug-likeness (QED) is 0.434. The average Bonchev–Trinajstić information content (AvgIpc) is 2.92. The van der Waals surface area contributed by atoms with Gasteiger partial charge in [0.25, 0.3) is 0 Å². The van der Waals surface area contributed by atoms with Crippen LogP contribution in [0.1, 0.15) is 0 Å². The molecule has 0 amide bonds. The molecule has 0 fully saturated rings. The Hall–Kier alpha value is -3.00. The van der Waals surface area contributed by atoms with Gasteiger partial charge in [0.1, 0.15) is 0 Å². The molecule has 1 aliphatic rings. The first-order valence-corrected chi connectivity index (χ1v) is 7.37. The third kappa shape index (κ3) is 1.49. The van der Waals surface area contributed by atoms with Crippen LogP contribution < -0.4 is 0 Å². The van der Waals surface area contributed by atoms with Gasteiger partial charge in [0, 0.05) is 22.7 Å². The third-order valence-corrected chi connectivity index (χ3v) is 4.26. The van der Waals surface area contributed by atoms with Gasteiger partial charge in [-0.2, -0.15) is 0 Å². The monoisotopic (exact) mass is 280 g/mol. The van der Waals surface area contributed by atoms with E-state index in [1.807, 2.05) is 30.5 Å². The van der Waals surface area contributed by atoms with Crippen LogP contribution in [0.5, 0.6) is 0 Å². The van der Waals surface area contributed by atoms with Crippen LogP contribution in [0.4, 0.5) is 0 Å². The molecule has 2 heteroatoms. The van der Waals surface area contributed by atoms with Gasteiger partial charge in [0.2, 0.25) is 0 Å². The number of rotatable bonds is 1. The molecular formula is C20H12N2. The number of pyridine rings is 2. The molecule has 0 N–H and O–H groups in total. The summed E-state index contributed by atoms with van der Waals surface area (Å²) in [5.74, 6) is 0. The maximum absolute atomic E-state index is 4.85. The molecule has 0 unspecified atom stereocenters. The average molecular weight is 280 g/mol. The van der Waals surface area contributed by atoms with Crippen molar-refractivity contribution in [2.24, 2.45) is 0 Å². The number of benzene rings is 2. The molecule has 102 valence electrons. The smallest absolute Gasteiger partial charge is 0.0808 e. The van der Waals surface area contributed by atoms with Crippen LogP contribution in [0.25, 0.3) is 44.5 Å². The highest BCUT2D eigenvalue weighted by Crippen LogP contribution is 2.46. The largest absolute Gasteiger partial charge is 0.255 e. The summed E-state index contributed by atoms with van der Waals surface area (Å²) in [4.78, 5) is 9.43. The molecule has 0 saturated heterocycles. The summed E-state index contributed by atoms with van der Waals surface area (Å²) in [6.45, 7) is 0. The SMILES string of the molecule is c1ccc(-c2cc3c4c(nccc4n2)-c2ccccc2-3)cc1. The Balaban J connectivity index is 1.90. The van der Waals surface area contributed by atoms with Crippen molar-refractivity contribution >= 4 is 10.9 Å². The van der Waals surface area contributed by atoms with Gasteiger partial charge < -0.3 is 0 Å². The molecule has 0 radical (unpaired) electrons. The fourth-order valence-electron chi connectivity index (χ4n) is 3.28. The number of hydrogen-bond donors (Lipinski definition) is 0. The van der Waals surface area contributed by atoms with E-state index in [9.17, 15) is 0 Å². The summed E-state index contributed by atoms with van der Waals surface area (Å²) in [7, 11) is 0. The number of hydrogen-bond acceptors (Lipinski definition) is 2. The molecule has 2 nitrogen and oxygen atoms in total. The second-order valence-electron chi connectivity index (χ2n) is 5.52. The van der Waals surface area contributed by atoms with E-state index in [-0.39, 0.29) is 0 Å². The molecule has 4 aromatic rings. The Labute approximate surface area is 128 Å². The molecule has 5 rings (SSSR count). The highest BCUT2D eigenvalue weighted by molar-refractivity contribution is 6.13. The van der Waals surface area contributed by atoms with Crippen molar-refractivity contribution < 1.29 is 0 Å². The lowest BCUT2D eigenvalue weighted by Crippen LogP contribution is -1.88. The Morgan fingerprint density at radius 1 is 0.682 bits per heavy atom. The van der Waals surface area contributed by atoms with Crippen molar-refractivity contribution in [1.29, 1.82) is 0 Å². The highest BCUT2D eigenvalue weighted by Gasteiger charge is 2.23. The van der Waals surface area contributed by atoms with E-state index in [0.29, 0.717) is 0 Å².